The van der Waals surface area contributed by atoms with Crippen LogP contribution in [0, 0.1) is 24.4 Å². The van der Waals surface area contributed by atoms with Crippen LogP contribution in [0.5, 0.6) is 0 Å². The molecule has 0 aliphatic carbocycles. The molecule has 3 aromatic rings. The van der Waals surface area contributed by atoms with Crippen LogP contribution in [-0.4, -0.2) is 21.3 Å². The average molecular weight is 349 g/mol. The number of carbonyl (C=O) groups excluding carboxylic acids is 1. The molecule has 2 heterocycles. The largest absolute Gasteiger partial charge is 0.360 e. The monoisotopic (exact) mass is 349 g/mol. The van der Waals surface area contributed by atoms with Gasteiger partial charge in [-0.05, 0) is 31.2 Å². The zero-order valence-corrected chi connectivity index (χ0v) is 12.7. The molecule has 0 aliphatic heterocycles. The molecule has 0 unspecified atom stereocenters. The number of carbonyl (C=O) groups is 1. The van der Waals surface area contributed by atoms with Gasteiger partial charge in [-0.15, -0.1) is 10.2 Å². The highest BCUT2D eigenvalue weighted by Crippen LogP contribution is 2.17. The summed E-state index contributed by atoms with van der Waals surface area (Å²) in [5, 5.41) is 16.3. The van der Waals surface area contributed by atoms with E-state index in [0.29, 0.717) is 23.5 Å². The van der Waals surface area contributed by atoms with Crippen LogP contribution in [0.1, 0.15) is 16.1 Å². The number of benzene rings is 1. The molecule has 0 saturated heterocycles. The van der Waals surface area contributed by atoms with Crippen LogP contribution in [0.4, 0.5) is 30.6 Å². The normalized spacial score (nSPS) is 10.6. The van der Waals surface area contributed by atoms with Crippen LogP contribution in [0.3, 0.4) is 0 Å². The van der Waals surface area contributed by atoms with Gasteiger partial charge in [0.05, 0.1) is 5.56 Å². The van der Waals surface area contributed by atoms with Gasteiger partial charge in [0, 0.05) is 6.07 Å². The molecule has 3 rings (SSSR count). The molecule has 128 valence electrons. The van der Waals surface area contributed by atoms with Crippen LogP contribution in [-0.2, 0) is 0 Å². The van der Waals surface area contributed by atoms with Gasteiger partial charge in [0.25, 0.3) is 5.91 Å². The number of rotatable bonds is 4. The number of amides is 1. The lowest BCUT2D eigenvalue weighted by atomic mass is 10.2. The van der Waals surface area contributed by atoms with Gasteiger partial charge in [-0.1, -0.05) is 5.16 Å². The van der Waals surface area contributed by atoms with Crippen LogP contribution in [0.15, 0.2) is 34.9 Å². The minimum Gasteiger partial charge on any atom is -0.360 e. The quantitative estimate of drug-likeness (QED) is 0.703. The lowest BCUT2D eigenvalue weighted by Gasteiger charge is -2.06. The topological polar surface area (TPSA) is 92.9 Å². The summed E-state index contributed by atoms with van der Waals surface area (Å²) in [6, 6.07) is 6.00. The summed E-state index contributed by atoms with van der Waals surface area (Å²) in [5.74, 6) is -4.32. The summed E-state index contributed by atoms with van der Waals surface area (Å²) < 4.78 is 44.5. The van der Waals surface area contributed by atoms with Crippen LogP contribution in [0.2, 0.25) is 0 Å². The minimum atomic E-state index is -1.72. The lowest BCUT2D eigenvalue weighted by molar-refractivity contribution is 0.102. The molecule has 1 amide bonds. The second-order valence-electron chi connectivity index (χ2n) is 4.93. The molecular formula is C15H10F3N5O2. The summed E-state index contributed by atoms with van der Waals surface area (Å²) in [4.78, 5) is 11.9. The van der Waals surface area contributed by atoms with Gasteiger partial charge in [0.15, 0.2) is 34.9 Å². The van der Waals surface area contributed by atoms with Gasteiger partial charge in [0.2, 0.25) is 0 Å². The first-order valence-corrected chi connectivity index (χ1v) is 6.93. The van der Waals surface area contributed by atoms with Gasteiger partial charge in [-0.3, -0.25) is 4.79 Å². The van der Waals surface area contributed by atoms with Crippen molar-refractivity contribution in [1.82, 2.24) is 15.4 Å². The lowest BCUT2D eigenvalue weighted by Crippen LogP contribution is -2.16. The van der Waals surface area contributed by atoms with E-state index in [4.69, 9.17) is 4.52 Å². The first-order chi connectivity index (χ1) is 11.9. The molecule has 0 fully saturated rings. The van der Waals surface area contributed by atoms with Crippen LogP contribution < -0.4 is 10.6 Å². The van der Waals surface area contributed by atoms with E-state index in [1.165, 1.54) is 12.1 Å². The van der Waals surface area contributed by atoms with Crippen molar-refractivity contribution in [2.24, 2.45) is 0 Å². The third kappa shape index (κ3) is 3.57. The zero-order valence-electron chi connectivity index (χ0n) is 12.7. The van der Waals surface area contributed by atoms with Crippen molar-refractivity contribution in [2.75, 3.05) is 10.6 Å². The predicted molar refractivity (Wildman–Crippen MR) is 80.8 cm³/mol. The molecule has 0 atom stereocenters. The fourth-order valence-electron chi connectivity index (χ4n) is 1.91. The van der Waals surface area contributed by atoms with Crippen molar-refractivity contribution in [2.45, 2.75) is 6.92 Å². The molecular weight excluding hydrogens is 339 g/mol. The highest BCUT2D eigenvalue weighted by Gasteiger charge is 2.19. The Bertz CT molecular complexity index is 927. The van der Waals surface area contributed by atoms with Gasteiger partial charge < -0.3 is 15.2 Å². The zero-order chi connectivity index (χ0) is 18.0. The number of anilines is 3. The van der Waals surface area contributed by atoms with Gasteiger partial charge in [-0.25, -0.2) is 13.2 Å². The molecule has 2 N–H and O–H groups in total. The molecule has 7 nitrogen and oxygen atoms in total. The van der Waals surface area contributed by atoms with Gasteiger partial charge in [-0.2, -0.15) is 0 Å². The summed E-state index contributed by atoms with van der Waals surface area (Å²) in [7, 11) is 0. The molecule has 0 saturated carbocycles. The maximum absolute atomic E-state index is 13.6. The number of hydrogen-bond donors (Lipinski definition) is 2. The van der Waals surface area contributed by atoms with E-state index < -0.39 is 28.9 Å². The fourth-order valence-corrected chi connectivity index (χ4v) is 1.91. The number of nitrogens with one attached hydrogen (secondary N) is 2. The Morgan fingerprint density at radius 3 is 2.36 bits per heavy atom. The first-order valence-electron chi connectivity index (χ1n) is 6.93. The standard InChI is InChI=1S/C15H10F3N5O2/c1-7-6-12(23-25-7)19-10-4-5-11(22-21-10)20-15(24)8-2-3-9(16)14(18)13(8)17/h2-6H,1H3,(H,19,21,23)(H,20,22,24). The van der Waals surface area contributed by atoms with E-state index in [9.17, 15) is 18.0 Å². The second kappa shape index (κ2) is 6.59. The van der Waals surface area contributed by atoms with Crippen LogP contribution >= 0.6 is 0 Å². The minimum absolute atomic E-state index is 0.00369. The molecule has 1 aromatic carbocycles. The number of nitrogens with zero attached hydrogens (tertiary/aromatic N) is 3. The average Bonchev–Trinajstić information content (AvgIpc) is 2.99. The van der Waals surface area contributed by atoms with E-state index in [1.807, 2.05) is 0 Å². The first kappa shape index (κ1) is 16.4. The molecule has 0 spiro atoms. The summed E-state index contributed by atoms with van der Waals surface area (Å²) in [5.41, 5.74) is -0.652. The van der Waals surface area contributed by atoms with E-state index in [2.05, 4.69) is 26.0 Å². The Morgan fingerprint density at radius 1 is 1.00 bits per heavy atom. The summed E-state index contributed by atoms with van der Waals surface area (Å²) >= 11 is 0. The maximum Gasteiger partial charge on any atom is 0.259 e. The SMILES string of the molecule is Cc1cc(Nc2ccc(NC(=O)c3ccc(F)c(F)c3F)nn2)no1. The van der Waals surface area contributed by atoms with Gasteiger partial charge in [0.1, 0.15) is 5.76 Å². The van der Waals surface area contributed by atoms with E-state index in [0.717, 1.165) is 6.07 Å². The Labute approximate surface area is 138 Å². The smallest absolute Gasteiger partial charge is 0.259 e. The fraction of sp³-hybridized carbons (Fsp3) is 0.0667. The number of aromatic nitrogens is 3. The third-order valence-corrected chi connectivity index (χ3v) is 3.07. The molecule has 0 radical (unpaired) electrons. The van der Waals surface area contributed by atoms with Crippen LogP contribution in [0.25, 0.3) is 0 Å². The molecule has 0 aliphatic rings. The van der Waals surface area contributed by atoms with Gasteiger partial charge >= 0.3 is 0 Å². The number of hydrogen-bond acceptors (Lipinski definition) is 6. The van der Waals surface area contributed by atoms with E-state index in [-0.39, 0.29) is 5.82 Å². The molecule has 25 heavy (non-hydrogen) atoms. The highest BCUT2D eigenvalue weighted by atomic mass is 19.2. The third-order valence-electron chi connectivity index (χ3n) is 3.07. The Balaban J connectivity index is 1.71. The predicted octanol–water partition coefficient (Wildman–Crippen LogP) is 3.19. The second-order valence-corrected chi connectivity index (χ2v) is 4.93. The van der Waals surface area contributed by atoms with Crippen molar-refractivity contribution < 1.29 is 22.5 Å². The highest BCUT2D eigenvalue weighted by molar-refractivity contribution is 6.03. The van der Waals surface area contributed by atoms with Crippen molar-refractivity contribution >= 4 is 23.4 Å². The maximum atomic E-state index is 13.6. The Kier molecular flexibility index (Phi) is 4.33. The van der Waals surface area contributed by atoms with E-state index in [1.54, 1.807) is 13.0 Å². The van der Waals surface area contributed by atoms with Crippen molar-refractivity contribution in [3.63, 3.8) is 0 Å². The van der Waals surface area contributed by atoms with Crippen molar-refractivity contribution in [3.8, 4) is 0 Å². The number of halogens is 3. The number of aryl methyl sites for hydroxylation is 1. The van der Waals surface area contributed by atoms with Crippen molar-refractivity contribution in [3.05, 3.63) is 59.1 Å². The molecule has 0 bridgehead atoms. The van der Waals surface area contributed by atoms with Crippen molar-refractivity contribution in [1.29, 1.82) is 0 Å². The van der Waals surface area contributed by atoms with E-state index >= 15 is 0 Å². The Hall–Kier alpha value is -3.43. The summed E-state index contributed by atoms with van der Waals surface area (Å²) in [6.07, 6.45) is 0. The molecule has 10 heteroatoms. The molecule has 2 aromatic heterocycles. The Morgan fingerprint density at radius 2 is 1.72 bits per heavy atom. The summed E-state index contributed by atoms with van der Waals surface area (Å²) in [6.45, 7) is 1.72.